The van der Waals surface area contributed by atoms with Crippen LogP contribution in [-0.4, -0.2) is 26.6 Å². The molecule has 0 spiro atoms. The van der Waals surface area contributed by atoms with Crippen molar-refractivity contribution in [1.29, 1.82) is 0 Å². The van der Waals surface area contributed by atoms with Gasteiger partial charge in [0.25, 0.3) is 5.91 Å². The maximum Gasteiger partial charge on any atom is 0.279 e. The lowest BCUT2D eigenvalue weighted by molar-refractivity contribution is -0.885. The van der Waals surface area contributed by atoms with Gasteiger partial charge in [0.05, 0.1) is 24.9 Å². The zero-order valence-electron chi connectivity index (χ0n) is 13.7. The molecule has 23 heavy (non-hydrogen) atoms. The van der Waals surface area contributed by atoms with E-state index in [1.165, 1.54) is 5.56 Å². The van der Waals surface area contributed by atoms with Crippen LogP contribution in [0.5, 0.6) is 5.75 Å². The molecule has 1 atom stereocenters. The number of hydrogen-bond donors (Lipinski definition) is 2. The monoisotopic (exact) mass is 333 g/mol. The smallest absolute Gasteiger partial charge is 0.279 e. The summed E-state index contributed by atoms with van der Waals surface area (Å²) in [5.41, 5.74) is 2.91. The standard InChI is InChI=1S/C18H21ClN2O2/c1-13-8-9-17(23-3)14(10-13)11-21(2)12-18(22)20-16-7-5-4-6-15(16)19/h4-10H,11-12H2,1-3H3,(H,20,22)/p+1. The fourth-order valence-electron chi connectivity index (χ4n) is 2.46. The van der Waals surface area contributed by atoms with Crippen LogP contribution in [0, 0.1) is 6.92 Å². The highest BCUT2D eigenvalue weighted by Crippen LogP contribution is 2.20. The molecule has 0 radical (unpaired) electrons. The fraction of sp³-hybridized carbons (Fsp3) is 0.278. The molecule has 0 aliphatic rings. The Labute approximate surface area is 142 Å². The first-order valence-electron chi connectivity index (χ1n) is 7.49. The molecule has 2 aromatic carbocycles. The normalized spacial score (nSPS) is 11.8. The van der Waals surface area contributed by atoms with Crippen LogP contribution in [0.4, 0.5) is 5.69 Å². The average molecular weight is 334 g/mol. The lowest BCUT2D eigenvalue weighted by Gasteiger charge is -2.16. The molecule has 1 unspecified atom stereocenters. The van der Waals surface area contributed by atoms with E-state index in [-0.39, 0.29) is 5.91 Å². The van der Waals surface area contributed by atoms with E-state index in [4.69, 9.17) is 16.3 Å². The van der Waals surface area contributed by atoms with E-state index in [1.807, 2.05) is 38.2 Å². The SMILES string of the molecule is COc1ccc(C)cc1C[NH+](C)CC(=O)Nc1ccccc1Cl. The topological polar surface area (TPSA) is 42.8 Å². The molecule has 0 saturated carbocycles. The number of carbonyl (C=O) groups excluding carboxylic acids is 1. The first-order chi connectivity index (χ1) is 11.0. The number of benzene rings is 2. The Hall–Kier alpha value is -2.04. The summed E-state index contributed by atoms with van der Waals surface area (Å²) in [5.74, 6) is 0.781. The van der Waals surface area contributed by atoms with Gasteiger partial charge >= 0.3 is 0 Å². The first kappa shape index (κ1) is 17.3. The number of halogens is 1. The van der Waals surface area contributed by atoms with Crippen LogP contribution in [0.2, 0.25) is 5.02 Å². The van der Waals surface area contributed by atoms with Crippen LogP contribution >= 0.6 is 11.6 Å². The molecule has 0 bridgehead atoms. The lowest BCUT2D eigenvalue weighted by Crippen LogP contribution is -3.08. The summed E-state index contributed by atoms with van der Waals surface area (Å²) in [5, 5.41) is 3.38. The van der Waals surface area contributed by atoms with Gasteiger partial charge in [-0.3, -0.25) is 4.79 Å². The Morgan fingerprint density at radius 2 is 2.00 bits per heavy atom. The zero-order valence-corrected chi connectivity index (χ0v) is 14.4. The van der Waals surface area contributed by atoms with Crippen molar-refractivity contribution in [3.8, 4) is 5.75 Å². The van der Waals surface area contributed by atoms with Crippen LogP contribution in [-0.2, 0) is 11.3 Å². The number of amides is 1. The molecule has 4 nitrogen and oxygen atoms in total. The number of quaternary nitrogens is 1. The Balaban J connectivity index is 1.97. The number of hydrogen-bond acceptors (Lipinski definition) is 2. The molecule has 1 amide bonds. The number of anilines is 1. The largest absolute Gasteiger partial charge is 0.496 e. The molecule has 0 saturated heterocycles. The van der Waals surface area contributed by atoms with Crippen LogP contribution in [0.1, 0.15) is 11.1 Å². The highest BCUT2D eigenvalue weighted by atomic mass is 35.5. The minimum absolute atomic E-state index is 0.0674. The minimum atomic E-state index is -0.0674. The summed E-state index contributed by atoms with van der Waals surface area (Å²) < 4.78 is 5.39. The lowest BCUT2D eigenvalue weighted by atomic mass is 10.1. The van der Waals surface area contributed by atoms with Gasteiger partial charge in [0.2, 0.25) is 0 Å². The van der Waals surface area contributed by atoms with E-state index in [1.54, 1.807) is 19.2 Å². The summed E-state index contributed by atoms with van der Waals surface area (Å²) >= 11 is 6.05. The van der Waals surface area contributed by atoms with E-state index in [0.717, 1.165) is 16.2 Å². The predicted octanol–water partition coefficient (Wildman–Crippen LogP) is 2.31. The van der Waals surface area contributed by atoms with Gasteiger partial charge in [-0.25, -0.2) is 0 Å². The van der Waals surface area contributed by atoms with Crippen molar-refractivity contribution in [3.05, 3.63) is 58.6 Å². The Morgan fingerprint density at radius 1 is 1.26 bits per heavy atom. The quantitative estimate of drug-likeness (QED) is 0.852. The Kier molecular flexibility index (Phi) is 6.02. The third-order valence-electron chi connectivity index (χ3n) is 3.54. The Morgan fingerprint density at radius 3 is 2.70 bits per heavy atom. The highest BCUT2D eigenvalue weighted by molar-refractivity contribution is 6.33. The number of ether oxygens (including phenoxy) is 1. The molecule has 0 aromatic heterocycles. The van der Waals surface area contributed by atoms with Crippen molar-refractivity contribution in [3.63, 3.8) is 0 Å². The van der Waals surface area contributed by atoms with E-state index in [0.29, 0.717) is 23.8 Å². The van der Waals surface area contributed by atoms with Crippen molar-refractivity contribution < 1.29 is 14.4 Å². The second-order valence-electron chi connectivity index (χ2n) is 5.65. The van der Waals surface area contributed by atoms with Gasteiger partial charge in [-0.1, -0.05) is 35.4 Å². The van der Waals surface area contributed by atoms with Crippen molar-refractivity contribution >= 4 is 23.2 Å². The minimum Gasteiger partial charge on any atom is -0.496 e. The van der Waals surface area contributed by atoms with Gasteiger partial charge in [0.15, 0.2) is 6.54 Å². The van der Waals surface area contributed by atoms with Gasteiger partial charge in [0, 0.05) is 5.56 Å². The average Bonchev–Trinajstić information content (AvgIpc) is 2.49. The number of methoxy groups -OCH3 is 1. The molecular weight excluding hydrogens is 312 g/mol. The number of carbonyl (C=O) groups is 1. The molecule has 0 aliphatic carbocycles. The summed E-state index contributed by atoms with van der Waals surface area (Å²) in [7, 11) is 3.64. The van der Waals surface area contributed by atoms with E-state index < -0.39 is 0 Å². The summed E-state index contributed by atoms with van der Waals surface area (Å²) in [6.45, 7) is 3.10. The molecule has 0 fully saturated rings. The van der Waals surface area contributed by atoms with Crippen LogP contribution < -0.4 is 15.0 Å². The third kappa shape index (κ3) is 4.98. The van der Waals surface area contributed by atoms with E-state index >= 15 is 0 Å². The number of para-hydroxylation sites is 1. The maximum atomic E-state index is 12.2. The van der Waals surface area contributed by atoms with Crippen molar-refractivity contribution in [2.45, 2.75) is 13.5 Å². The van der Waals surface area contributed by atoms with Crippen LogP contribution in [0.25, 0.3) is 0 Å². The van der Waals surface area contributed by atoms with Gasteiger partial charge in [0.1, 0.15) is 12.3 Å². The van der Waals surface area contributed by atoms with E-state index in [9.17, 15) is 4.79 Å². The van der Waals surface area contributed by atoms with E-state index in [2.05, 4.69) is 11.4 Å². The first-order valence-corrected chi connectivity index (χ1v) is 7.86. The van der Waals surface area contributed by atoms with Gasteiger partial charge < -0.3 is 15.0 Å². The Bertz CT molecular complexity index is 688. The molecule has 122 valence electrons. The van der Waals surface area contributed by atoms with Gasteiger partial charge in [-0.05, 0) is 31.2 Å². The summed E-state index contributed by atoms with van der Waals surface area (Å²) in [6.07, 6.45) is 0. The molecule has 0 heterocycles. The molecule has 2 N–H and O–H groups in total. The van der Waals surface area contributed by atoms with Crippen LogP contribution in [0.15, 0.2) is 42.5 Å². The summed E-state index contributed by atoms with van der Waals surface area (Å²) in [4.78, 5) is 13.2. The number of rotatable bonds is 6. The van der Waals surface area contributed by atoms with Gasteiger partial charge in [-0.15, -0.1) is 0 Å². The fourth-order valence-corrected chi connectivity index (χ4v) is 2.65. The van der Waals surface area contributed by atoms with Crippen LogP contribution in [0.3, 0.4) is 0 Å². The number of likely N-dealkylation sites (N-methyl/N-ethyl adjacent to an activating group) is 1. The molecule has 0 aliphatic heterocycles. The molecule has 2 aromatic rings. The second-order valence-corrected chi connectivity index (χ2v) is 6.06. The molecular formula is C18H22ClN2O2+. The maximum absolute atomic E-state index is 12.2. The van der Waals surface area contributed by atoms with Crippen molar-refractivity contribution in [2.75, 3.05) is 26.0 Å². The number of aryl methyl sites for hydroxylation is 1. The zero-order chi connectivity index (χ0) is 16.8. The van der Waals surface area contributed by atoms with Crippen molar-refractivity contribution in [2.24, 2.45) is 0 Å². The second kappa shape index (κ2) is 7.99. The molecule has 2 rings (SSSR count). The highest BCUT2D eigenvalue weighted by Gasteiger charge is 2.14. The predicted molar refractivity (Wildman–Crippen MR) is 93.3 cm³/mol. The molecule has 5 heteroatoms. The van der Waals surface area contributed by atoms with Crippen molar-refractivity contribution in [1.82, 2.24) is 0 Å². The van der Waals surface area contributed by atoms with Gasteiger partial charge in [-0.2, -0.15) is 0 Å². The summed E-state index contributed by atoms with van der Waals surface area (Å²) in [6, 6.07) is 13.3. The third-order valence-corrected chi connectivity index (χ3v) is 3.87. The number of nitrogens with one attached hydrogen (secondary N) is 2.